The molecule has 0 amide bonds. The van der Waals surface area contributed by atoms with Crippen LogP contribution in [0.5, 0.6) is 0 Å². The molecule has 0 saturated carbocycles. The Kier molecular flexibility index (Phi) is 4.12. The molecule has 1 saturated heterocycles. The molecular formula is C18H18N4O2. The number of hydrogen-bond acceptors (Lipinski definition) is 6. The summed E-state index contributed by atoms with van der Waals surface area (Å²) in [6.45, 7) is 3.45. The van der Waals surface area contributed by atoms with Crippen LogP contribution in [0.3, 0.4) is 0 Å². The van der Waals surface area contributed by atoms with Gasteiger partial charge in [0.2, 0.25) is 0 Å². The molecule has 2 heterocycles. The molecule has 2 aromatic carbocycles. The molecule has 1 fully saturated rings. The lowest BCUT2D eigenvalue weighted by atomic mass is 10.2. The van der Waals surface area contributed by atoms with Gasteiger partial charge in [-0.15, -0.1) is 0 Å². The van der Waals surface area contributed by atoms with E-state index in [1.807, 2.05) is 36.4 Å². The van der Waals surface area contributed by atoms with Gasteiger partial charge in [-0.1, -0.05) is 24.3 Å². The number of nitrogens with zero attached hydrogens (tertiary/aromatic N) is 3. The molecule has 0 atom stereocenters. The van der Waals surface area contributed by atoms with Crippen LogP contribution < -0.4 is 10.3 Å². The summed E-state index contributed by atoms with van der Waals surface area (Å²) >= 11 is 0. The third-order valence-corrected chi connectivity index (χ3v) is 3.94. The smallest absolute Gasteiger partial charge is 0.316 e. The second-order valence-electron chi connectivity index (χ2n) is 5.55. The predicted molar refractivity (Wildman–Crippen MR) is 94.7 cm³/mol. The number of hydrazone groups is 1. The van der Waals surface area contributed by atoms with Crippen LogP contribution in [0.25, 0.3) is 11.1 Å². The third kappa shape index (κ3) is 3.23. The summed E-state index contributed by atoms with van der Waals surface area (Å²) < 4.78 is 10.9. The fourth-order valence-electron chi connectivity index (χ4n) is 2.67. The molecule has 6 nitrogen and oxygen atoms in total. The third-order valence-electron chi connectivity index (χ3n) is 3.94. The number of rotatable bonds is 4. The normalized spacial score (nSPS) is 15.2. The molecule has 6 heteroatoms. The Balaban J connectivity index is 1.40. The number of aromatic nitrogens is 1. The summed E-state index contributed by atoms with van der Waals surface area (Å²) in [5, 5.41) is 4.18. The molecule has 1 aliphatic heterocycles. The highest BCUT2D eigenvalue weighted by molar-refractivity contribution is 5.81. The molecule has 1 aromatic heterocycles. The van der Waals surface area contributed by atoms with Crippen LogP contribution >= 0.6 is 0 Å². The zero-order valence-electron chi connectivity index (χ0n) is 13.2. The van der Waals surface area contributed by atoms with Gasteiger partial charge in [0.1, 0.15) is 5.52 Å². The molecule has 0 bridgehead atoms. The highest BCUT2D eigenvalue weighted by Crippen LogP contribution is 2.18. The highest BCUT2D eigenvalue weighted by atomic mass is 16.5. The van der Waals surface area contributed by atoms with E-state index in [2.05, 4.69) is 32.5 Å². The van der Waals surface area contributed by atoms with Crippen molar-refractivity contribution in [3.63, 3.8) is 0 Å². The monoisotopic (exact) mass is 322 g/mol. The molecular weight excluding hydrogens is 304 g/mol. The van der Waals surface area contributed by atoms with E-state index in [-0.39, 0.29) is 0 Å². The first-order valence-electron chi connectivity index (χ1n) is 7.96. The van der Waals surface area contributed by atoms with Crippen LogP contribution in [-0.4, -0.2) is 37.5 Å². The average molecular weight is 322 g/mol. The Bertz CT molecular complexity index is 803. The Hall–Kier alpha value is -2.86. The van der Waals surface area contributed by atoms with Crippen LogP contribution in [-0.2, 0) is 4.74 Å². The molecule has 1 N–H and O–H groups in total. The summed E-state index contributed by atoms with van der Waals surface area (Å²) in [5.74, 6) is 0. The van der Waals surface area contributed by atoms with Gasteiger partial charge in [-0.2, -0.15) is 10.1 Å². The van der Waals surface area contributed by atoms with Gasteiger partial charge in [-0.05, 0) is 29.8 Å². The number of fused-ring (bicyclic) bond motifs is 1. The molecule has 4 rings (SSSR count). The predicted octanol–water partition coefficient (Wildman–Crippen LogP) is 3.11. The number of para-hydroxylation sites is 2. The molecule has 24 heavy (non-hydrogen) atoms. The molecule has 0 spiro atoms. The summed E-state index contributed by atoms with van der Waals surface area (Å²) in [4.78, 5) is 6.63. The topological polar surface area (TPSA) is 62.9 Å². The Labute approximate surface area is 139 Å². The van der Waals surface area contributed by atoms with Crippen LogP contribution in [0.2, 0.25) is 0 Å². The molecule has 0 radical (unpaired) electrons. The van der Waals surface area contributed by atoms with E-state index in [0.29, 0.717) is 6.01 Å². The van der Waals surface area contributed by atoms with Crippen molar-refractivity contribution < 1.29 is 9.15 Å². The Morgan fingerprint density at radius 1 is 1.04 bits per heavy atom. The number of ether oxygens (including phenoxy) is 1. The second kappa shape index (κ2) is 6.72. The molecule has 1 aliphatic rings. The molecule has 3 aromatic rings. The second-order valence-corrected chi connectivity index (χ2v) is 5.55. The van der Waals surface area contributed by atoms with E-state index in [9.17, 15) is 0 Å². The Morgan fingerprint density at radius 2 is 1.83 bits per heavy atom. The number of oxazole rings is 1. The van der Waals surface area contributed by atoms with Gasteiger partial charge in [-0.25, -0.2) is 5.43 Å². The van der Waals surface area contributed by atoms with Crippen molar-refractivity contribution in [1.29, 1.82) is 0 Å². The number of hydrogen-bond donors (Lipinski definition) is 1. The minimum atomic E-state index is 0.386. The fraction of sp³-hybridized carbons (Fsp3) is 0.222. The lowest BCUT2D eigenvalue weighted by molar-refractivity contribution is 0.122. The van der Waals surface area contributed by atoms with Crippen LogP contribution in [0, 0.1) is 0 Å². The van der Waals surface area contributed by atoms with Gasteiger partial charge in [0, 0.05) is 18.8 Å². The zero-order valence-corrected chi connectivity index (χ0v) is 13.2. The van der Waals surface area contributed by atoms with E-state index in [1.165, 1.54) is 5.69 Å². The zero-order chi connectivity index (χ0) is 16.2. The van der Waals surface area contributed by atoms with Gasteiger partial charge in [0.05, 0.1) is 19.4 Å². The van der Waals surface area contributed by atoms with Crippen molar-refractivity contribution >= 4 is 29.0 Å². The lowest BCUT2D eigenvalue weighted by Crippen LogP contribution is -2.36. The van der Waals surface area contributed by atoms with Crippen molar-refractivity contribution in [2.75, 3.05) is 36.6 Å². The van der Waals surface area contributed by atoms with Crippen LogP contribution in [0.15, 0.2) is 58.0 Å². The largest absolute Gasteiger partial charge is 0.422 e. The number of benzene rings is 2. The van der Waals surface area contributed by atoms with Gasteiger partial charge in [-0.3, -0.25) is 0 Å². The number of anilines is 2. The van der Waals surface area contributed by atoms with E-state index in [0.717, 1.165) is 43.0 Å². The van der Waals surface area contributed by atoms with Crippen molar-refractivity contribution in [2.24, 2.45) is 5.10 Å². The van der Waals surface area contributed by atoms with Gasteiger partial charge in [0.25, 0.3) is 0 Å². The van der Waals surface area contributed by atoms with Gasteiger partial charge < -0.3 is 14.1 Å². The van der Waals surface area contributed by atoms with Gasteiger partial charge >= 0.3 is 6.01 Å². The Morgan fingerprint density at radius 3 is 2.62 bits per heavy atom. The first-order chi connectivity index (χ1) is 11.9. The average Bonchev–Trinajstić information content (AvgIpc) is 3.06. The van der Waals surface area contributed by atoms with Gasteiger partial charge in [0.15, 0.2) is 5.58 Å². The highest BCUT2D eigenvalue weighted by Gasteiger charge is 2.10. The number of nitrogens with one attached hydrogen (secondary N) is 1. The molecule has 0 unspecified atom stereocenters. The standard InChI is InChI=1S/C18H18N4O2/c1-2-4-17-16(3-1)20-18(24-17)21-19-13-14-5-7-15(8-6-14)22-9-11-23-12-10-22/h1-8,13H,9-12H2,(H,20,21)/b19-13-. The molecule has 0 aliphatic carbocycles. The maximum Gasteiger partial charge on any atom is 0.316 e. The van der Waals surface area contributed by atoms with E-state index >= 15 is 0 Å². The van der Waals surface area contributed by atoms with E-state index in [1.54, 1.807) is 6.21 Å². The molecule has 122 valence electrons. The number of morpholine rings is 1. The lowest BCUT2D eigenvalue weighted by Gasteiger charge is -2.28. The summed E-state index contributed by atoms with van der Waals surface area (Å²) in [7, 11) is 0. The minimum absolute atomic E-state index is 0.386. The first-order valence-corrected chi connectivity index (χ1v) is 7.96. The van der Waals surface area contributed by atoms with E-state index < -0.39 is 0 Å². The SMILES string of the molecule is C(=N/Nc1nc2ccccc2o1)/c1ccc(N2CCOCC2)cc1. The van der Waals surface area contributed by atoms with Crippen molar-refractivity contribution in [3.8, 4) is 0 Å². The fourth-order valence-corrected chi connectivity index (χ4v) is 2.67. The summed E-state index contributed by atoms with van der Waals surface area (Å²) in [6.07, 6.45) is 1.75. The van der Waals surface area contributed by atoms with Crippen molar-refractivity contribution in [3.05, 3.63) is 54.1 Å². The first kappa shape index (κ1) is 14.7. The quantitative estimate of drug-likeness (QED) is 0.591. The van der Waals surface area contributed by atoms with Crippen molar-refractivity contribution in [2.45, 2.75) is 0 Å². The maximum absolute atomic E-state index is 5.55. The summed E-state index contributed by atoms with van der Waals surface area (Å²) in [6, 6.07) is 16.3. The van der Waals surface area contributed by atoms with Crippen molar-refractivity contribution in [1.82, 2.24) is 4.98 Å². The minimum Gasteiger partial charge on any atom is -0.422 e. The van der Waals surface area contributed by atoms with Crippen LogP contribution in [0.1, 0.15) is 5.56 Å². The van der Waals surface area contributed by atoms with E-state index in [4.69, 9.17) is 9.15 Å². The van der Waals surface area contributed by atoms with Crippen LogP contribution in [0.4, 0.5) is 11.7 Å². The maximum atomic E-state index is 5.55. The summed E-state index contributed by atoms with van der Waals surface area (Å²) in [5.41, 5.74) is 6.60.